The van der Waals surface area contributed by atoms with Crippen molar-refractivity contribution in [2.24, 2.45) is 0 Å². The smallest absolute Gasteiger partial charge is 0.407 e. The fraction of sp³-hybridized carbons (Fsp3) is 0.462. The molecular formula is C13H15NO3S. The quantitative estimate of drug-likeness (QED) is 0.910. The van der Waals surface area contributed by atoms with Crippen molar-refractivity contribution in [1.29, 1.82) is 0 Å². The van der Waals surface area contributed by atoms with Crippen molar-refractivity contribution in [3.05, 3.63) is 23.8 Å². The Kier molecular flexibility index (Phi) is 3.32. The Morgan fingerprint density at radius 1 is 1.50 bits per heavy atom. The molecule has 1 amide bonds. The predicted molar refractivity (Wildman–Crippen MR) is 69.3 cm³/mol. The molecule has 1 fully saturated rings. The van der Waals surface area contributed by atoms with Gasteiger partial charge < -0.3 is 14.8 Å². The molecule has 0 bridgehead atoms. The van der Waals surface area contributed by atoms with E-state index in [-0.39, 0.29) is 12.2 Å². The lowest BCUT2D eigenvalue weighted by Gasteiger charge is -2.19. The van der Waals surface area contributed by atoms with Crippen LogP contribution in [-0.2, 0) is 11.2 Å². The number of carbonyl (C=O) groups is 1. The number of hydrogen-bond acceptors (Lipinski definition) is 4. The number of cyclic esters (lactones) is 1. The number of nitrogens with one attached hydrogen (secondary N) is 1. The van der Waals surface area contributed by atoms with Crippen molar-refractivity contribution in [3.8, 4) is 5.75 Å². The van der Waals surface area contributed by atoms with Gasteiger partial charge in [-0.05, 0) is 30.2 Å². The van der Waals surface area contributed by atoms with Gasteiger partial charge in [0.25, 0.3) is 0 Å². The number of carbonyl (C=O) groups excluding carboxylic acids is 1. The Balaban J connectivity index is 1.67. The molecule has 2 aliphatic heterocycles. The van der Waals surface area contributed by atoms with E-state index in [1.54, 1.807) is 0 Å². The fourth-order valence-corrected chi connectivity index (χ4v) is 3.30. The van der Waals surface area contributed by atoms with Gasteiger partial charge in [-0.3, -0.25) is 0 Å². The highest BCUT2D eigenvalue weighted by Crippen LogP contribution is 2.37. The van der Waals surface area contributed by atoms with E-state index < -0.39 is 0 Å². The predicted octanol–water partition coefficient (Wildman–Crippen LogP) is 2.21. The molecule has 0 saturated carbocycles. The van der Waals surface area contributed by atoms with Gasteiger partial charge in [-0.1, -0.05) is 12.1 Å². The van der Waals surface area contributed by atoms with Crippen LogP contribution in [-0.4, -0.2) is 31.1 Å². The molecular weight excluding hydrogens is 250 g/mol. The zero-order valence-corrected chi connectivity index (χ0v) is 10.8. The summed E-state index contributed by atoms with van der Waals surface area (Å²) in [6, 6.07) is 6.17. The maximum absolute atomic E-state index is 10.9. The van der Waals surface area contributed by atoms with E-state index in [9.17, 15) is 4.79 Å². The van der Waals surface area contributed by atoms with E-state index >= 15 is 0 Å². The minimum atomic E-state index is -0.354. The summed E-state index contributed by atoms with van der Waals surface area (Å²) in [7, 11) is 0. The number of rotatable bonds is 3. The molecule has 2 heterocycles. The molecule has 1 N–H and O–H groups in total. The zero-order valence-electron chi connectivity index (χ0n) is 9.98. The van der Waals surface area contributed by atoms with Crippen LogP contribution in [0.1, 0.15) is 12.0 Å². The van der Waals surface area contributed by atoms with Gasteiger partial charge in [0.15, 0.2) is 6.10 Å². The molecule has 1 aromatic carbocycles. The second-order valence-electron chi connectivity index (χ2n) is 4.42. The second kappa shape index (κ2) is 5.10. The van der Waals surface area contributed by atoms with Gasteiger partial charge in [-0.25, -0.2) is 4.79 Å². The molecule has 96 valence electrons. The molecule has 0 aromatic heterocycles. The lowest BCUT2D eigenvalue weighted by molar-refractivity contribution is 0.104. The number of ether oxygens (including phenoxy) is 2. The number of thioether (sulfide) groups is 1. The summed E-state index contributed by atoms with van der Waals surface area (Å²) in [5.41, 5.74) is 1.37. The third kappa shape index (κ3) is 2.41. The average Bonchev–Trinajstić information content (AvgIpc) is 2.82. The lowest BCUT2D eigenvalue weighted by Crippen LogP contribution is -2.22. The molecule has 2 aliphatic rings. The summed E-state index contributed by atoms with van der Waals surface area (Å²) in [6.07, 6.45) is 1.82. The SMILES string of the molecule is O=C1NCC(COc2cccc3c2SCCC3)O1. The van der Waals surface area contributed by atoms with Crippen LogP contribution in [0.25, 0.3) is 0 Å². The highest BCUT2D eigenvalue weighted by molar-refractivity contribution is 7.99. The Bertz CT molecular complexity index is 464. The Labute approximate surface area is 110 Å². The molecule has 1 saturated heterocycles. The van der Waals surface area contributed by atoms with Crippen molar-refractivity contribution in [1.82, 2.24) is 5.32 Å². The maximum atomic E-state index is 10.9. The zero-order chi connectivity index (χ0) is 12.4. The van der Waals surface area contributed by atoms with Crippen LogP contribution in [0, 0.1) is 0 Å². The lowest BCUT2D eigenvalue weighted by atomic mass is 10.1. The van der Waals surface area contributed by atoms with E-state index in [1.807, 2.05) is 23.9 Å². The Hall–Kier alpha value is -1.36. The first kappa shape index (κ1) is 11.7. The van der Waals surface area contributed by atoms with E-state index in [1.165, 1.54) is 16.9 Å². The normalized spacial score (nSPS) is 22.0. The van der Waals surface area contributed by atoms with Crippen LogP contribution in [0.2, 0.25) is 0 Å². The molecule has 0 aliphatic carbocycles. The molecule has 5 heteroatoms. The van der Waals surface area contributed by atoms with Gasteiger partial charge in [0, 0.05) is 0 Å². The maximum Gasteiger partial charge on any atom is 0.407 e. The summed E-state index contributed by atoms with van der Waals surface area (Å²) in [4.78, 5) is 12.2. The van der Waals surface area contributed by atoms with Crippen LogP contribution in [0.3, 0.4) is 0 Å². The van der Waals surface area contributed by atoms with Gasteiger partial charge in [0.05, 0.1) is 11.4 Å². The van der Waals surface area contributed by atoms with Gasteiger partial charge in [-0.2, -0.15) is 0 Å². The molecule has 3 rings (SSSR count). The van der Waals surface area contributed by atoms with Gasteiger partial charge >= 0.3 is 6.09 Å². The molecule has 0 spiro atoms. The number of aryl methyl sites for hydroxylation is 1. The van der Waals surface area contributed by atoms with Gasteiger partial charge in [-0.15, -0.1) is 11.8 Å². The van der Waals surface area contributed by atoms with Crippen molar-refractivity contribution in [2.75, 3.05) is 18.9 Å². The molecule has 4 nitrogen and oxygen atoms in total. The van der Waals surface area contributed by atoms with Crippen molar-refractivity contribution >= 4 is 17.9 Å². The molecule has 0 radical (unpaired) electrons. The van der Waals surface area contributed by atoms with Crippen molar-refractivity contribution < 1.29 is 14.3 Å². The molecule has 1 aromatic rings. The summed E-state index contributed by atoms with van der Waals surface area (Å²) in [6.45, 7) is 0.941. The molecule has 1 atom stereocenters. The fourth-order valence-electron chi connectivity index (χ4n) is 2.18. The third-order valence-electron chi connectivity index (χ3n) is 3.07. The van der Waals surface area contributed by atoms with Crippen molar-refractivity contribution in [2.45, 2.75) is 23.8 Å². The van der Waals surface area contributed by atoms with E-state index in [0.717, 1.165) is 17.9 Å². The summed E-state index contributed by atoms with van der Waals surface area (Å²) in [5, 5.41) is 2.62. The number of alkyl carbamates (subject to hydrolysis) is 1. The first-order chi connectivity index (χ1) is 8.83. The highest BCUT2D eigenvalue weighted by atomic mass is 32.2. The molecule has 1 unspecified atom stereocenters. The van der Waals surface area contributed by atoms with Crippen LogP contribution in [0.5, 0.6) is 5.75 Å². The first-order valence-corrected chi connectivity index (χ1v) is 7.13. The Morgan fingerprint density at radius 3 is 3.28 bits per heavy atom. The van der Waals surface area contributed by atoms with Crippen molar-refractivity contribution in [3.63, 3.8) is 0 Å². The molecule has 18 heavy (non-hydrogen) atoms. The largest absolute Gasteiger partial charge is 0.488 e. The van der Waals surface area contributed by atoms with Crippen LogP contribution < -0.4 is 10.1 Å². The van der Waals surface area contributed by atoms with E-state index in [4.69, 9.17) is 9.47 Å². The van der Waals surface area contributed by atoms with Crippen LogP contribution in [0.15, 0.2) is 23.1 Å². The van der Waals surface area contributed by atoms with Gasteiger partial charge in [0.2, 0.25) is 0 Å². The minimum Gasteiger partial charge on any atom is -0.488 e. The average molecular weight is 265 g/mol. The highest BCUT2D eigenvalue weighted by Gasteiger charge is 2.23. The summed E-state index contributed by atoms with van der Waals surface area (Å²) >= 11 is 1.85. The topological polar surface area (TPSA) is 47.6 Å². The number of hydrogen-bond donors (Lipinski definition) is 1. The summed E-state index contributed by atoms with van der Waals surface area (Å²) in [5.74, 6) is 2.06. The van der Waals surface area contributed by atoms with Crippen LogP contribution >= 0.6 is 11.8 Å². The van der Waals surface area contributed by atoms with Gasteiger partial charge in [0.1, 0.15) is 12.4 Å². The monoisotopic (exact) mass is 265 g/mol. The Morgan fingerprint density at radius 2 is 2.44 bits per heavy atom. The standard InChI is InChI=1S/C13H15NO3S/c15-13-14-7-10(17-13)8-16-11-5-1-3-9-4-2-6-18-12(9)11/h1,3,5,10H,2,4,6-8H2,(H,14,15). The third-order valence-corrected chi connectivity index (χ3v) is 4.31. The van der Waals surface area contributed by atoms with Crippen LogP contribution in [0.4, 0.5) is 4.79 Å². The van der Waals surface area contributed by atoms with E-state index in [2.05, 4.69) is 11.4 Å². The number of amides is 1. The number of benzene rings is 1. The number of fused-ring (bicyclic) bond motifs is 1. The summed E-state index contributed by atoms with van der Waals surface area (Å²) < 4.78 is 10.8. The minimum absolute atomic E-state index is 0.179. The van der Waals surface area contributed by atoms with E-state index in [0.29, 0.717) is 13.2 Å². The second-order valence-corrected chi connectivity index (χ2v) is 5.52. The first-order valence-electron chi connectivity index (χ1n) is 6.15.